The van der Waals surface area contributed by atoms with Crippen LogP contribution in [0.5, 0.6) is 0 Å². The minimum atomic E-state index is -3.71. The fourth-order valence-electron chi connectivity index (χ4n) is 1.57. The molecule has 0 saturated carbocycles. The van der Waals surface area contributed by atoms with E-state index < -0.39 is 10.0 Å². The molecule has 0 bridgehead atoms. The minimum absolute atomic E-state index is 0.0910. The van der Waals surface area contributed by atoms with Crippen LogP contribution < -0.4 is 10.0 Å². The predicted molar refractivity (Wildman–Crippen MR) is 88.8 cm³/mol. The molecule has 1 aromatic carbocycles. The molecule has 8 heteroatoms. The first-order chi connectivity index (χ1) is 9.44. The molecule has 2 aromatic rings. The number of nitrogens with one attached hydrogen (secondary N) is 2. The van der Waals surface area contributed by atoms with Gasteiger partial charge in [-0.05, 0) is 52.9 Å². The molecule has 0 spiro atoms. The second kappa shape index (κ2) is 6.15. The Labute approximate surface area is 135 Å². The number of sulfonamides is 1. The van der Waals surface area contributed by atoms with Crippen molar-refractivity contribution in [3.8, 4) is 0 Å². The summed E-state index contributed by atoms with van der Waals surface area (Å²) in [6, 6.07) is 8.00. The van der Waals surface area contributed by atoms with Crippen molar-refractivity contribution >= 4 is 55.7 Å². The minimum Gasteiger partial charge on any atom is -0.372 e. The second-order valence-electron chi connectivity index (χ2n) is 3.83. The Hall–Kier alpha value is -1.06. The van der Waals surface area contributed by atoms with E-state index in [2.05, 4.69) is 15.0 Å². The highest BCUT2D eigenvalue weighted by Crippen LogP contribution is 2.26. The fourth-order valence-corrected chi connectivity index (χ4v) is 4.00. The van der Waals surface area contributed by atoms with Crippen LogP contribution in [0.25, 0.3) is 0 Å². The lowest BCUT2D eigenvalue weighted by molar-refractivity contribution is 0.601. The first-order valence-electron chi connectivity index (χ1n) is 5.54. The van der Waals surface area contributed by atoms with Gasteiger partial charge in [0.2, 0.25) is 0 Å². The number of nitrogens with zero attached hydrogens (tertiary/aromatic N) is 1. The van der Waals surface area contributed by atoms with Gasteiger partial charge in [0.15, 0.2) is 0 Å². The Morgan fingerprint density at radius 2 is 2.05 bits per heavy atom. The highest BCUT2D eigenvalue weighted by molar-refractivity contribution is 14.1. The van der Waals surface area contributed by atoms with Crippen molar-refractivity contribution in [1.29, 1.82) is 0 Å². The maximum absolute atomic E-state index is 12.4. The summed E-state index contributed by atoms with van der Waals surface area (Å²) in [5.41, 5.74) is 0.473. The van der Waals surface area contributed by atoms with E-state index in [-0.39, 0.29) is 4.90 Å². The van der Waals surface area contributed by atoms with Gasteiger partial charge in [0.05, 0.1) is 5.69 Å². The fraction of sp³-hybridized carbons (Fsp3) is 0.0833. The maximum atomic E-state index is 12.4. The zero-order valence-corrected chi connectivity index (χ0v) is 14.1. The van der Waals surface area contributed by atoms with Gasteiger partial charge in [0, 0.05) is 21.8 Å². The highest BCUT2D eigenvalue weighted by atomic mass is 127. The molecule has 0 unspecified atom stereocenters. The van der Waals surface area contributed by atoms with Crippen LogP contribution >= 0.6 is 34.2 Å². The molecule has 0 aliphatic heterocycles. The Morgan fingerprint density at radius 1 is 1.30 bits per heavy atom. The van der Waals surface area contributed by atoms with Crippen molar-refractivity contribution in [3.05, 3.63) is 45.1 Å². The summed E-state index contributed by atoms with van der Waals surface area (Å²) in [5.74, 6) is 0.295. The van der Waals surface area contributed by atoms with E-state index in [4.69, 9.17) is 11.6 Å². The third-order valence-corrected chi connectivity index (χ3v) is 5.00. The van der Waals surface area contributed by atoms with Gasteiger partial charge < -0.3 is 5.32 Å². The Bertz CT molecular complexity index is 737. The van der Waals surface area contributed by atoms with Crippen molar-refractivity contribution in [1.82, 2.24) is 4.98 Å². The summed E-state index contributed by atoms with van der Waals surface area (Å²) in [6.45, 7) is 0. The van der Waals surface area contributed by atoms with Gasteiger partial charge in [-0.25, -0.2) is 13.4 Å². The summed E-state index contributed by atoms with van der Waals surface area (Å²) in [4.78, 5) is 4.08. The lowest BCUT2D eigenvalue weighted by Crippen LogP contribution is -2.16. The first-order valence-corrected chi connectivity index (χ1v) is 8.48. The second-order valence-corrected chi connectivity index (χ2v) is 7.08. The molecule has 20 heavy (non-hydrogen) atoms. The third-order valence-electron chi connectivity index (χ3n) is 2.47. The van der Waals surface area contributed by atoms with E-state index in [0.717, 1.165) is 0 Å². The topological polar surface area (TPSA) is 71.1 Å². The van der Waals surface area contributed by atoms with Crippen molar-refractivity contribution in [2.24, 2.45) is 0 Å². The summed E-state index contributed by atoms with van der Waals surface area (Å²) in [7, 11) is -2.10. The van der Waals surface area contributed by atoms with Gasteiger partial charge in [-0.1, -0.05) is 11.6 Å². The van der Waals surface area contributed by atoms with Crippen molar-refractivity contribution in [2.45, 2.75) is 4.90 Å². The van der Waals surface area contributed by atoms with Crippen LogP contribution in [0.3, 0.4) is 0 Å². The lowest BCUT2D eigenvalue weighted by Gasteiger charge is -2.12. The summed E-state index contributed by atoms with van der Waals surface area (Å²) in [5, 5.41) is 3.31. The van der Waals surface area contributed by atoms with Crippen molar-refractivity contribution in [2.75, 3.05) is 17.1 Å². The van der Waals surface area contributed by atoms with E-state index in [1.54, 1.807) is 31.3 Å². The molecule has 0 radical (unpaired) electrons. The number of hydrogen-bond donors (Lipinski definition) is 2. The molecule has 0 atom stereocenters. The van der Waals surface area contributed by atoms with Crippen LogP contribution in [0.15, 0.2) is 41.4 Å². The molecule has 2 N–H and O–H groups in total. The van der Waals surface area contributed by atoms with Crippen LogP contribution in [0.4, 0.5) is 11.5 Å². The Morgan fingerprint density at radius 3 is 2.70 bits per heavy atom. The third kappa shape index (κ3) is 3.33. The zero-order valence-electron chi connectivity index (χ0n) is 10.4. The number of pyridine rings is 1. The molecule has 0 fully saturated rings. The SMILES string of the molecule is CNc1ncccc1S(=O)(=O)Nc1ccc(Cl)cc1I. The average molecular weight is 424 g/mol. The quantitative estimate of drug-likeness (QED) is 0.741. The van der Waals surface area contributed by atoms with E-state index in [0.29, 0.717) is 20.1 Å². The molecule has 0 aliphatic rings. The first kappa shape index (κ1) is 15.3. The van der Waals surface area contributed by atoms with Gasteiger partial charge in [0.25, 0.3) is 10.0 Å². The molecular formula is C12H11ClIN3O2S. The van der Waals surface area contributed by atoms with Gasteiger partial charge in [-0.2, -0.15) is 0 Å². The maximum Gasteiger partial charge on any atom is 0.265 e. The molecule has 1 aromatic heterocycles. The molecular weight excluding hydrogens is 413 g/mol. The number of aromatic nitrogens is 1. The zero-order chi connectivity index (χ0) is 14.8. The van der Waals surface area contributed by atoms with Crippen LogP contribution in [0.2, 0.25) is 5.02 Å². The molecule has 0 amide bonds. The summed E-state index contributed by atoms with van der Waals surface area (Å²) < 4.78 is 28.0. The van der Waals surface area contributed by atoms with E-state index >= 15 is 0 Å². The monoisotopic (exact) mass is 423 g/mol. The van der Waals surface area contributed by atoms with Gasteiger partial charge in [-0.3, -0.25) is 4.72 Å². The molecule has 106 valence electrons. The standard InChI is InChI=1S/C12H11ClIN3O2S/c1-15-12-11(3-2-6-16-12)20(18,19)17-10-5-4-8(13)7-9(10)14/h2-7,17H,1H3,(H,15,16). The Balaban J connectivity index is 2.41. The van der Waals surface area contributed by atoms with E-state index in [1.165, 1.54) is 12.3 Å². The number of hydrogen-bond acceptors (Lipinski definition) is 4. The lowest BCUT2D eigenvalue weighted by atomic mass is 10.3. The largest absolute Gasteiger partial charge is 0.372 e. The van der Waals surface area contributed by atoms with Crippen LogP contribution in [0, 0.1) is 3.57 Å². The van der Waals surface area contributed by atoms with Crippen molar-refractivity contribution in [3.63, 3.8) is 0 Å². The van der Waals surface area contributed by atoms with E-state index in [1.807, 2.05) is 22.6 Å². The summed E-state index contributed by atoms with van der Waals surface area (Å²) in [6.07, 6.45) is 1.52. The van der Waals surface area contributed by atoms with Crippen LogP contribution in [-0.4, -0.2) is 20.4 Å². The van der Waals surface area contributed by atoms with Crippen molar-refractivity contribution < 1.29 is 8.42 Å². The van der Waals surface area contributed by atoms with Crippen LogP contribution in [-0.2, 0) is 10.0 Å². The van der Waals surface area contributed by atoms with Crippen LogP contribution in [0.1, 0.15) is 0 Å². The molecule has 0 aliphatic carbocycles. The number of anilines is 2. The van der Waals surface area contributed by atoms with Gasteiger partial charge >= 0.3 is 0 Å². The van der Waals surface area contributed by atoms with E-state index in [9.17, 15) is 8.42 Å². The van der Waals surface area contributed by atoms with Gasteiger partial charge in [-0.15, -0.1) is 0 Å². The summed E-state index contributed by atoms with van der Waals surface area (Å²) >= 11 is 7.87. The molecule has 5 nitrogen and oxygen atoms in total. The number of halogens is 2. The normalized spacial score (nSPS) is 11.2. The molecule has 2 rings (SSSR count). The molecule has 1 heterocycles. The predicted octanol–water partition coefficient (Wildman–Crippen LogP) is 3.18. The molecule has 0 saturated heterocycles. The average Bonchev–Trinajstić information content (AvgIpc) is 2.42. The number of rotatable bonds is 4. The van der Waals surface area contributed by atoms with Gasteiger partial charge in [0.1, 0.15) is 10.7 Å². The highest BCUT2D eigenvalue weighted by Gasteiger charge is 2.19. The Kier molecular flexibility index (Phi) is 4.71. The number of benzene rings is 1. The smallest absolute Gasteiger partial charge is 0.265 e.